The Morgan fingerprint density at radius 3 is 2.77 bits per heavy atom. The van der Waals surface area contributed by atoms with Gasteiger partial charge < -0.3 is 9.15 Å². The van der Waals surface area contributed by atoms with Gasteiger partial charge in [-0.25, -0.2) is 9.79 Å². The minimum atomic E-state index is -0.566. The summed E-state index contributed by atoms with van der Waals surface area (Å²) in [5, 5.41) is 0.711. The molecule has 2 radical (unpaired) electrons. The van der Waals surface area contributed by atoms with Gasteiger partial charge in [0.25, 0.3) is 0 Å². The predicted octanol–water partition coefficient (Wildman–Crippen LogP) is 3.25. The third-order valence-electron chi connectivity index (χ3n) is 3.20. The number of methoxy groups -OCH3 is 1. The number of hydrogen-bond donors (Lipinski definition) is 0. The van der Waals surface area contributed by atoms with E-state index in [-0.39, 0.29) is 11.4 Å². The maximum absolute atomic E-state index is 12.0. The van der Waals surface area contributed by atoms with Gasteiger partial charge >= 0.3 is 5.63 Å². The quantitative estimate of drug-likeness (QED) is 0.549. The molecule has 0 N–H and O–H groups in total. The summed E-state index contributed by atoms with van der Waals surface area (Å²) in [7, 11) is 1.51. The zero-order chi connectivity index (χ0) is 15.5. The summed E-state index contributed by atoms with van der Waals surface area (Å²) in [6, 6.07) is 13.7. The van der Waals surface area contributed by atoms with Crippen LogP contribution in [0.5, 0.6) is 5.75 Å². The second-order valence-electron chi connectivity index (χ2n) is 4.61. The second kappa shape index (κ2) is 5.73. The van der Waals surface area contributed by atoms with E-state index in [0.717, 1.165) is 0 Å². The Morgan fingerprint density at radius 1 is 1.18 bits per heavy atom. The normalized spacial score (nSPS) is 11.1. The SMILES string of the molecule is COc1cccc2cc(N=Cc3ccccc3[N])c(=O)oc12. The monoisotopic (exact) mass is 292 g/mol. The van der Waals surface area contributed by atoms with Crippen molar-refractivity contribution in [2.45, 2.75) is 0 Å². The molecule has 0 aliphatic rings. The summed E-state index contributed by atoms with van der Waals surface area (Å²) >= 11 is 0. The van der Waals surface area contributed by atoms with Crippen LogP contribution in [0.2, 0.25) is 0 Å². The highest BCUT2D eigenvalue weighted by atomic mass is 16.5. The summed E-state index contributed by atoms with van der Waals surface area (Å²) in [6.07, 6.45) is 1.42. The molecule has 108 valence electrons. The lowest BCUT2D eigenvalue weighted by molar-refractivity contribution is 0.407. The smallest absolute Gasteiger partial charge is 0.362 e. The molecule has 0 amide bonds. The highest BCUT2D eigenvalue weighted by Crippen LogP contribution is 2.26. The predicted molar refractivity (Wildman–Crippen MR) is 84.5 cm³/mol. The van der Waals surface area contributed by atoms with Crippen LogP contribution in [-0.4, -0.2) is 13.3 Å². The van der Waals surface area contributed by atoms with Gasteiger partial charge in [-0.15, -0.1) is 5.73 Å². The third-order valence-corrected chi connectivity index (χ3v) is 3.20. The Bertz CT molecular complexity index is 913. The van der Waals surface area contributed by atoms with Crippen molar-refractivity contribution in [2.75, 3.05) is 7.11 Å². The second-order valence-corrected chi connectivity index (χ2v) is 4.61. The van der Waals surface area contributed by atoms with E-state index in [1.165, 1.54) is 13.3 Å². The van der Waals surface area contributed by atoms with Crippen molar-refractivity contribution in [3.05, 3.63) is 64.5 Å². The number of para-hydroxylation sites is 1. The van der Waals surface area contributed by atoms with Gasteiger partial charge in [-0.05, 0) is 18.2 Å². The number of fused-ring (bicyclic) bond motifs is 1. The maximum atomic E-state index is 12.0. The van der Waals surface area contributed by atoms with Crippen molar-refractivity contribution in [1.82, 2.24) is 5.73 Å². The third kappa shape index (κ3) is 2.56. The van der Waals surface area contributed by atoms with Gasteiger partial charge in [-0.1, -0.05) is 30.3 Å². The van der Waals surface area contributed by atoms with Crippen LogP contribution in [0.3, 0.4) is 0 Å². The number of nitrogens with zero attached hydrogens (tertiary/aromatic N) is 2. The van der Waals surface area contributed by atoms with E-state index >= 15 is 0 Å². The fourth-order valence-electron chi connectivity index (χ4n) is 2.09. The Morgan fingerprint density at radius 2 is 2.00 bits per heavy atom. The molecule has 22 heavy (non-hydrogen) atoms. The number of ether oxygens (including phenoxy) is 1. The first-order valence-corrected chi connectivity index (χ1v) is 6.62. The fraction of sp³-hybridized carbons (Fsp3) is 0.0588. The van der Waals surface area contributed by atoms with E-state index in [2.05, 4.69) is 4.99 Å². The lowest BCUT2D eigenvalue weighted by Gasteiger charge is -2.03. The molecule has 1 aromatic heterocycles. The van der Waals surface area contributed by atoms with Crippen molar-refractivity contribution >= 4 is 28.6 Å². The van der Waals surface area contributed by atoms with Crippen LogP contribution in [0.4, 0.5) is 11.4 Å². The topological polar surface area (TPSA) is 74.1 Å². The summed E-state index contributed by atoms with van der Waals surface area (Å²) < 4.78 is 10.4. The van der Waals surface area contributed by atoms with Crippen LogP contribution in [-0.2, 0) is 0 Å². The molecule has 0 fully saturated rings. The van der Waals surface area contributed by atoms with Crippen LogP contribution >= 0.6 is 0 Å². The van der Waals surface area contributed by atoms with E-state index in [1.54, 1.807) is 48.5 Å². The molecule has 5 heteroatoms. The van der Waals surface area contributed by atoms with Crippen LogP contribution < -0.4 is 16.1 Å². The number of rotatable bonds is 3. The molecule has 0 saturated heterocycles. The molecule has 0 spiro atoms. The first kappa shape index (κ1) is 13.9. The summed E-state index contributed by atoms with van der Waals surface area (Å²) in [5.74, 6) is 0.492. The van der Waals surface area contributed by atoms with Crippen molar-refractivity contribution < 1.29 is 9.15 Å². The van der Waals surface area contributed by atoms with E-state index in [9.17, 15) is 10.5 Å². The Labute approximate surface area is 126 Å². The van der Waals surface area contributed by atoms with Crippen LogP contribution in [0.1, 0.15) is 5.56 Å². The van der Waals surface area contributed by atoms with Gasteiger partial charge in [0.2, 0.25) is 0 Å². The summed E-state index contributed by atoms with van der Waals surface area (Å²) in [5.41, 5.74) is 10.3. The molecule has 5 nitrogen and oxygen atoms in total. The van der Waals surface area contributed by atoms with Crippen molar-refractivity contribution in [1.29, 1.82) is 0 Å². The van der Waals surface area contributed by atoms with Gasteiger partial charge in [-0.2, -0.15) is 0 Å². The van der Waals surface area contributed by atoms with Gasteiger partial charge in [0.1, 0.15) is 5.69 Å². The number of hydrogen-bond acceptors (Lipinski definition) is 4. The van der Waals surface area contributed by atoms with Gasteiger partial charge in [-0.3, -0.25) is 0 Å². The highest BCUT2D eigenvalue weighted by Gasteiger charge is 2.08. The molecule has 0 atom stereocenters. The van der Waals surface area contributed by atoms with Gasteiger partial charge in [0.15, 0.2) is 11.3 Å². The molecular formula is C17H12N2O3. The number of aliphatic imine (C=N–C) groups is 1. The molecule has 0 bridgehead atoms. The van der Waals surface area contributed by atoms with Crippen LogP contribution in [0, 0.1) is 0 Å². The molecule has 3 rings (SSSR count). The van der Waals surface area contributed by atoms with Gasteiger partial charge in [0, 0.05) is 17.2 Å². The van der Waals surface area contributed by atoms with E-state index in [0.29, 0.717) is 22.3 Å². The first-order chi connectivity index (χ1) is 10.7. The van der Waals surface area contributed by atoms with E-state index in [4.69, 9.17) is 9.15 Å². The molecule has 0 saturated carbocycles. The summed E-state index contributed by atoms with van der Waals surface area (Å²) in [6.45, 7) is 0. The average Bonchev–Trinajstić information content (AvgIpc) is 2.53. The van der Waals surface area contributed by atoms with Crippen molar-refractivity contribution in [2.24, 2.45) is 4.99 Å². The lowest BCUT2D eigenvalue weighted by Crippen LogP contribution is -1.99. The van der Waals surface area contributed by atoms with Crippen LogP contribution in [0.15, 0.2) is 62.7 Å². The molecule has 1 heterocycles. The minimum absolute atomic E-state index is 0.0955. The zero-order valence-corrected chi connectivity index (χ0v) is 11.8. The number of benzene rings is 2. The molecule has 0 aliphatic heterocycles. The highest BCUT2D eigenvalue weighted by molar-refractivity contribution is 5.89. The molecular weight excluding hydrogens is 280 g/mol. The zero-order valence-electron chi connectivity index (χ0n) is 11.8. The minimum Gasteiger partial charge on any atom is -0.493 e. The van der Waals surface area contributed by atoms with E-state index < -0.39 is 5.63 Å². The molecule has 0 aliphatic carbocycles. The van der Waals surface area contributed by atoms with Crippen molar-refractivity contribution in [3.63, 3.8) is 0 Å². The first-order valence-electron chi connectivity index (χ1n) is 6.62. The average molecular weight is 292 g/mol. The van der Waals surface area contributed by atoms with Crippen molar-refractivity contribution in [3.8, 4) is 5.75 Å². The maximum Gasteiger partial charge on any atom is 0.362 e. The Kier molecular flexibility index (Phi) is 3.62. The fourth-order valence-corrected chi connectivity index (χ4v) is 2.09. The Hall–Kier alpha value is -3.08. The molecule has 0 unspecified atom stereocenters. The Balaban J connectivity index is 2.07. The largest absolute Gasteiger partial charge is 0.493 e. The van der Waals surface area contributed by atoms with Crippen LogP contribution in [0.25, 0.3) is 11.0 Å². The lowest BCUT2D eigenvalue weighted by atomic mass is 10.2. The van der Waals surface area contributed by atoms with Gasteiger partial charge in [0.05, 0.1) is 12.8 Å². The standard InChI is InChI=1S/C17H12N2O3/c1-21-15-8-4-6-11-9-14(17(20)22-16(11)15)19-10-12-5-2-3-7-13(12)18/h2-10H,1H3. The summed E-state index contributed by atoms with van der Waals surface area (Å²) in [4.78, 5) is 16.1. The molecule has 2 aromatic carbocycles. The van der Waals surface area contributed by atoms with E-state index in [1.807, 2.05) is 0 Å². The molecule has 3 aromatic rings.